The average molecular weight is 276 g/mol. The van der Waals surface area contributed by atoms with Crippen molar-refractivity contribution < 1.29 is 9.18 Å². The third kappa shape index (κ3) is 5.28. The normalized spacial score (nSPS) is 12.2. The second-order valence-corrected chi connectivity index (χ2v) is 5.33. The van der Waals surface area contributed by atoms with E-state index in [4.69, 9.17) is 0 Å². The van der Waals surface area contributed by atoms with E-state index in [1.165, 1.54) is 26.2 Å². The first-order valence-electron chi connectivity index (χ1n) is 7.50. The summed E-state index contributed by atoms with van der Waals surface area (Å²) in [5.41, 5.74) is 1.83. The van der Waals surface area contributed by atoms with Gasteiger partial charge in [0.2, 0.25) is 0 Å². The molecule has 1 nitrogen and oxygen atoms in total. The van der Waals surface area contributed by atoms with Crippen molar-refractivity contribution in [3.63, 3.8) is 0 Å². The van der Waals surface area contributed by atoms with Gasteiger partial charge in [-0.1, -0.05) is 63.8 Å². The Labute approximate surface area is 121 Å². The summed E-state index contributed by atoms with van der Waals surface area (Å²) in [6, 6.07) is 7.08. The molecule has 0 bridgehead atoms. The lowest BCUT2D eigenvalue weighted by molar-refractivity contribution is 0.101. The summed E-state index contributed by atoms with van der Waals surface area (Å²) in [6.07, 6.45) is 5.07. The van der Waals surface area contributed by atoms with Gasteiger partial charge in [0.15, 0.2) is 5.78 Å². The van der Waals surface area contributed by atoms with E-state index in [-0.39, 0.29) is 5.78 Å². The molecule has 0 saturated heterocycles. The number of Topliss-reactive ketones (excluding diaryl/α,β-unsaturated/α-hetero) is 1. The van der Waals surface area contributed by atoms with Gasteiger partial charge in [0.1, 0.15) is 6.17 Å². The largest absolute Gasteiger partial charge is 0.295 e. The number of allylic oxidation sites excluding steroid dienone is 1. The SMILES string of the molecule is C=C(c1cccc(C(C)=O)c1)C(F)CCCCCCC. The van der Waals surface area contributed by atoms with E-state index in [2.05, 4.69) is 13.5 Å². The van der Waals surface area contributed by atoms with Crippen LogP contribution in [0.2, 0.25) is 0 Å². The number of unbranched alkanes of at least 4 members (excludes halogenated alkanes) is 4. The zero-order valence-corrected chi connectivity index (χ0v) is 12.6. The fraction of sp³-hybridized carbons (Fsp3) is 0.500. The quantitative estimate of drug-likeness (QED) is 0.424. The standard InChI is InChI=1S/C18H25FO/c1-4-5-6-7-8-12-18(19)14(2)16-10-9-11-17(13-16)15(3)20/h9-11,13,18H,2,4-8,12H2,1,3H3. The van der Waals surface area contributed by atoms with Gasteiger partial charge in [-0.05, 0) is 30.5 Å². The fourth-order valence-corrected chi connectivity index (χ4v) is 2.22. The Bertz CT molecular complexity index is 450. The molecule has 0 aromatic heterocycles. The highest BCUT2D eigenvalue weighted by molar-refractivity contribution is 5.94. The molecule has 1 aromatic carbocycles. The van der Waals surface area contributed by atoms with Crippen LogP contribution in [0.15, 0.2) is 30.8 Å². The van der Waals surface area contributed by atoms with Crippen LogP contribution >= 0.6 is 0 Å². The smallest absolute Gasteiger partial charge is 0.159 e. The molecule has 0 aliphatic carbocycles. The van der Waals surface area contributed by atoms with E-state index in [0.29, 0.717) is 17.6 Å². The lowest BCUT2D eigenvalue weighted by Gasteiger charge is -2.12. The molecule has 0 aliphatic rings. The summed E-state index contributed by atoms with van der Waals surface area (Å²) in [5, 5.41) is 0. The number of carbonyl (C=O) groups is 1. The highest BCUT2D eigenvalue weighted by atomic mass is 19.1. The van der Waals surface area contributed by atoms with Gasteiger partial charge < -0.3 is 0 Å². The Morgan fingerprint density at radius 2 is 1.85 bits per heavy atom. The van der Waals surface area contributed by atoms with Gasteiger partial charge >= 0.3 is 0 Å². The van der Waals surface area contributed by atoms with E-state index in [9.17, 15) is 9.18 Å². The number of halogens is 1. The molecule has 1 aromatic rings. The average Bonchev–Trinajstić information content (AvgIpc) is 2.46. The van der Waals surface area contributed by atoms with Crippen molar-refractivity contribution in [2.45, 2.75) is 58.5 Å². The summed E-state index contributed by atoms with van der Waals surface area (Å²) in [5.74, 6) is -0.00498. The predicted octanol–water partition coefficient (Wildman–Crippen LogP) is 5.60. The van der Waals surface area contributed by atoms with Crippen LogP contribution in [0.25, 0.3) is 5.57 Å². The van der Waals surface area contributed by atoms with E-state index in [1.807, 2.05) is 6.07 Å². The van der Waals surface area contributed by atoms with Crippen LogP contribution < -0.4 is 0 Å². The monoisotopic (exact) mass is 276 g/mol. The lowest BCUT2D eigenvalue weighted by atomic mass is 9.96. The molecule has 110 valence electrons. The molecule has 2 heteroatoms. The summed E-state index contributed by atoms with van der Waals surface area (Å²) >= 11 is 0. The third-order valence-electron chi connectivity index (χ3n) is 3.58. The number of carbonyl (C=O) groups excluding carboxylic acids is 1. The Kier molecular flexibility index (Phi) is 7.21. The van der Waals surface area contributed by atoms with Gasteiger partial charge in [-0.25, -0.2) is 4.39 Å². The first-order valence-corrected chi connectivity index (χ1v) is 7.50. The molecule has 0 saturated carbocycles. The fourth-order valence-electron chi connectivity index (χ4n) is 2.22. The molecular weight excluding hydrogens is 251 g/mol. The molecule has 0 N–H and O–H groups in total. The van der Waals surface area contributed by atoms with Gasteiger partial charge in [0, 0.05) is 5.56 Å². The van der Waals surface area contributed by atoms with Crippen LogP contribution in [0.1, 0.15) is 68.3 Å². The second-order valence-electron chi connectivity index (χ2n) is 5.33. The Hall–Kier alpha value is -1.44. The minimum absolute atomic E-state index is 0.00498. The van der Waals surface area contributed by atoms with Crippen LogP contribution in [-0.2, 0) is 0 Å². The van der Waals surface area contributed by atoms with Gasteiger partial charge in [0.05, 0.1) is 0 Å². The number of benzene rings is 1. The minimum Gasteiger partial charge on any atom is -0.295 e. The number of alkyl halides is 1. The second kappa shape index (κ2) is 8.68. The Morgan fingerprint density at radius 3 is 2.50 bits per heavy atom. The van der Waals surface area contributed by atoms with Gasteiger partial charge in [-0.2, -0.15) is 0 Å². The molecule has 0 amide bonds. The molecule has 0 radical (unpaired) electrons. The third-order valence-corrected chi connectivity index (χ3v) is 3.58. The van der Waals surface area contributed by atoms with Crippen molar-refractivity contribution in [2.75, 3.05) is 0 Å². The van der Waals surface area contributed by atoms with Crippen molar-refractivity contribution in [2.24, 2.45) is 0 Å². The Balaban J connectivity index is 2.52. The maximum Gasteiger partial charge on any atom is 0.159 e. The first-order chi connectivity index (χ1) is 9.56. The zero-order valence-electron chi connectivity index (χ0n) is 12.6. The predicted molar refractivity (Wildman–Crippen MR) is 83.8 cm³/mol. The highest BCUT2D eigenvalue weighted by Crippen LogP contribution is 2.24. The van der Waals surface area contributed by atoms with Crippen LogP contribution in [0.5, 0.6) is 0 Å². The number of rotatable bonds is 9. The van der Waals surface area contributed by atoms with Crippen LogP contribution in [-0.4, -0.2) is 12.0 Å². The molecule has 0 heterocycles. The molecule has 1 atom stereocenters. The van der Waals surface area contributed by atoms with Crippen molar-refractivity contribution in [1.29, 1.82) is 0 Å². The summed E-state index contributed by atoms with van der Waals surface area (Å²) in [6.45, 7) is 7.54. The highest BCUT2D eigenvalue weighted by Gasteiger charge is 2.13. The van der Waals surface area contributed by atoms with Gasteiger partial charge in [-0.3, -0.25) is 4.79 Å². The Morgan fingerprint density at radius 1 is 1.20 bits per heavy atom. The van der Waals surface area contributed by atoms with E-state index >= 15 is 0 Å². The van der Waals surface area contributed by atoms with Crippen LogP contribution in [0.3, 0.4) is 0 Å². The van der Waals surface area contributed by atoms with Crippen molar-refractivity contribution in [1.82, 2.24) is 0 Å². The summed E-state index contributed by atoms with van der Waals surface area (Å²) in [4.78, 5) is 11.3. The van der Waals surface area contributed by atoms with E-state index in [1.54, 1.807) is 18.2 Å². The van der Waals surface area contributed by atoms with Crippen molar-refractivity contribution in [3.8, 4) is 0 Å². The molecule has 0 fully saturated rings. The van der Waals surface area contributed by atoms with Crippen molar-refractivity contribution in [3.05, 3.63) is 42.0 Å². The van der Waals surface area contributed by atoms with E-state index in [0.717, 1.165) is 18.4 Å². The maximum atomic E-state index is 14.1. The lowest BCUT2D eigenvalue weighted by Crippen LogP contribution is -2.04. The molecule has 0 aliphatic heterocycles. The van der Waals surface area contributed by atoms with Crippen LogP contribution in [0, 0.1) is 0 Å². The minimum atomic E-state index is -1.01. The zero-order chi connectivity index (χ0) is 15.0. The number of hydrogen-bond acceptors (Lipinski definition) is 1. The number of ketones is 1. The van der Waals surface area contributed by atoms with Gasteiger partial charge in [-0.15, -0.1) is 0 Å². The summed E-state index contributed by atoms with van der Waals surface area (Å²) in [7, 11) is 0. The molecule has 1 rings (SSSR count). The number of hydrogen-bond donors (Lipinski definition) is 0. The maximum absolute atomic E-state index is 14.1. The molecular formula is C18H25FO. The first kappa shape index (κ1) is 16.6. The van der Waals surface area contributed by atoms with E-state index < -0.39 is 6.17 Å². The summed E-state index contributed by atoms with van der Waals surface area (Å²) < 4.78 is 14.1. The van der Waals surface area contributed by atoms with Crippen LogP contribution in [0.4, 0.5) is 4.39 Å². The topological polar surface area (TPSA) is 17.1 Å². The van der Waals surface area contributed by atoms with Gasteiger partial charge in [0.25, 0.3) is 0 Å². The molecule has 20 heavy (non-hydrogen) atoms. The molecule has 1 unspecified atom stereocenters. The molecule has 0 spiro atoms. The van der Waals surface area contributed by atoms with Crippen molar-refractivity contribution >= 4 is 11.4 Å².